The van der Waals surface area contributed by atoms with Crippen LogP contribution in [0.4, 0.5) is 0 Å². The summed E-state index contributed by atoms with van der Waals surface area (Å²) < 4.78 is 0. The van der Waals surface area contributed by atoms with E-state index in [2.05, 4.69) is 11.5 Å². The maximum Gasteiger partial charge on any atom is 0.0926 e. The highest BCUT2D eigenvalue weighted by atomic mass is 16.3. The van der Waals surface area contributed by atoms with Crippen LogP contribution in [-0.2, 0) is 0 Å². The molecule has 1 rings (SSSR count). The Bertz CT molecular complexity index is 182. The number of β-amino-alcohol motifs (C(OH)–C–C–N with tert-alkyl or cyclic N) is 1. The molecule has 2 atom stereocenters. The van der Waals surface area contributed by atoms with Crippen LogP contribution in [-0.4, -0.2) is 47.0 Å². The van der Waals surface area contributed by atoms with Gasteiger partial charge in [-0.2, -0.15) is 0 Å². The molecule has 0 amide bonds. The molecule has 1 fully saturated rings. The quantitative estimate of drug-likeness (QED) is 0.625. The Hall–Kier alpha value is -0.380. The maximum atomic E-state index is 9.40. The van der Waals surface area contributed by atoms with Gasteiger partial charge in [0.1, 0.15) is 0 Å². The molecule has 3 heteroatoms. The fourth-order valence-corrected chi connectivity index (χ4v) is 1.54. The summed E-state index contributed by atoms with van der Waals surface area (Å²) in [4.78, 5) is 2.17. The van der Waals surface area contributed by atoms with Gasteiger partial charge in [-0.05, 0) is 19.8 Å². The molecule has 1 saturated heterocycles. The predicted octanol–water partition coefficient (Wildman–Crippen LogP) is 0.380. The molecule has 0 bridgehead atoms. The number of likely N-dealkylation sites (tertiary alicyclic amines) is 1. The molecule has 0 radical (unpaired) electrons. The topological polar surface area (TPSA) is 43.7 Å². The van der Waals surface area contributed by atoms with Crippen LogP contribution in [0.25, 0.3) is 0 Å². The Morgan fingerprint density at radius 2 is 2.15 bits per heavy atom. The predicted molar refractivity (Wildman–Crippen MR) is 52.5 cm³/mol. The number of hydrogen-bond donors (Lipinski definition) is 2. The van der Waals surface area contributed by atoms with E-state index in [1.165, 1.54) is 5.57 Å². The highest BCUT2D eigenvalue weighted by molar-refractivity contribution is 4.90. The fraction of sp³-hybridized carbons (Fsp3) is 0.800. The summed E-state index contributed by atoms with van der Waals surface area (Å²) in [5.74, 6) is 0. The van der Waals surface area contributed by atoms with Crippen LogP contribution in [0.5, 0.6) is 0 Å². The molecule has 1 aliphatic rings. The van der Waals surface area contributed by atoms with E-state index in [9.17, 15) is 10.2 Å². The van der Waals surface area contributed by atoms with Gasteiger partial charge in [0.25, 0.3) is 0 Å². The summed E-state index contributed by atoms with van der Waals surface area (Å²) in [5.41, 5.74) is 1.17. The molecular formula is C10H19NO2. The summed E-state index contributed by atoms with van der Waals surface area (Å²) in [5, 5.41) is 18.7. The van der Waals surface area contributed by atoms with E-state index in [1.54, 1.807) is 0 Å². The fourth-order valence-electron chi connectivity index (χ4n) is 1.54. The number of piperidine rings is 1. The van der Waals surface area contributed by atoms with Crippen molar-refractivity contribution in [1.29, 1.82) is 0 Å². The standard InChI is InChI=1S/C10H19NO2/c1-8(2)3-5-11-6-4-9(12)10(13)7-11/h9-10,12-13H,1,3-7H2,2H3/t9-,10+/m1/s1. The first-order chi connectivity index (χ1) is 6.09. The third-order valence-electron chi connectivity index (χ3n) is 2.49. The molecule has 2 N–H and O–H groups in total. The van der Waals surface area contributed by atoms with Gasteiger partial charge < -0.3 is 15.1 Å². The summed E-state index contributed by atoms with van der Waals surface area (Å²) in [6.07, 6.45) is 0.556. The van der Waals surface area contributed by atoms with E-state index >= 15 is 0 Å². The lowest BCUT2D eigenvalue weighted by Gasteiger charge is -2.33. The molecule has 0 aliphatic carbocycles. The Labute approximate surface area is 79.7 Å². The third kappa shape index (κ3) is 3.46. The SMILES string of the molecule is C=C(C)CCN1CC[C@@H](O)[C@@H](O)C1. The lowest BCUT2D eigenvalue weighted by molar-refractivity contribution is -0.0379. The van der Waals surface area contributed by atoms with Gasteiger partial charge >= 0.3 is 0 Å². The second kappa shape index (κ2) is 4.74. The zero-order valence-electron chi connectivity index (χ0n) is 8.24. The Kier molecular flexibility index (Phi) is 3.90. The highest BCUT2D eigenvalue weighted by Gasteiger charge is 2.24. The van der Waals surface area contributed by atoms with Gasteiger partial charge in [-0.1, -0.05) is 5.57 Å². The normalized spacial score (nSPS) is 30.4. The molecule has 3 nitrogen and oxygen atoms in total. The van der Waals surface area contributed by atoms with Gasteiger partial charge in [-0.3, -0.25) is 0 Å². The molecule has 1 aliphatic heterocycles. The maximum absolute atomic E-state index is 9.40. The minimum Gasteiger partial charge on any atom is -0.390 e. The molecule has 1 heterocycles. The van der Waals surface area contributed by atoms with E-state index in [0.717, 1.165) is 19.5 Å². The first-order valence-corrected chi connectivity index (χ1v) is 4.82. The van der Waals surface area contributed by atoms with E-state index in [4.69, 9.17) is 0 Å². The number of rotatable bonds is 3. The molecule has 0 aromatic rings. The molecule has 0 spiro atoms. The molecular weight excluding hydrogens is 166 g/mol. The van der Waals surface area contributed by atoms with E-state index in [1.807, 2.05) is 6.92 Å². The summed E-state index contributed by atoms with van der Waals surface area (Å²) >= 11 is 0. The van der Waals surface area contributed by atoms with E-state index in [0.29, 0.717) is 13.0 Å². The van der Waals surface area contributed by atoms with Crippen molar-refractivity contribution >= 4 is 0 Å². The zero-order valence-corrected chi connectivity index (χ0v) is 8.24. The summed E-state index contributed by atoms with van der Waals surface area (Å²) in [7, 11) is 0. The number of aliphatic hydroxyl groups excluding tert-OH is 2. The van der Waals surface area contributed by atoms with Crippen molar-refractivity contribution < 1.29 is 10.2 Å². The highest BCUT2D eigenvalue weighted by Crippen LogP contribution is 2.11. The van der Waals surface area contributed by atoms with E-state index in [-0.39, 0.29) is 0 Å². The largest absolute Gasteiger partial charge is 0.390 e. The van der Waals surface area contributed by atoms with E-state index < -0.39 is 12.2 Å². The van der Waals surface area contributed by atoms with Crippen LogP contribution in [0, 0.1) is 0 Å². The average molecular weight is 185 g/mol. The molecule has 76 valence electrons. The lowest BCUT2D eigenvalue weighted by Crippen LogP contribution is -2.46. The minimum atomic E-state index is -0.570. The third-order valence-corrected chi connectivity index (χ3v) is 2.49. The Morgan fingerprint density at radius 3 is 2.69 bits per heavy atom. The van der Waals surface area contributed by atoms with Crippen LogP contribution in [0.2, 0.25) is 0 Å². The van der Waals surface area contributed by atoms with Crippen LogP contribution in [0.3, 0.4) is 0 Å². The second-order valence-electron chi connectivity index (χ2n) is 3.93. The Morgan fingerprint density at radius 1 is 1.46 bits per heavy atom. The lowest BCUT2D eigenvalue weighted by atomic mass is 10.0. The first-order valence-electron chi connectivity index (χ1n) is 4.82. The van der Waals surface area contributed by atoms with Crippen molar-refractivity contribution in [2.45, 2.75) is 32.0 Å². The van der Waals surface area contributed by atoms with Gasteiger partial charge in [-0.15, -0.1) is 6.58 Å². The van der Waals surface area contributed by atoms with Crippen LogP contribution < -0.4 is 0 Å². The molecule has 0 unspecified atom stereocenters. The van der Waals surface area contributed by atoms with Crippen LogP contribution >= 0.6 is 0 Å². The monoisotopic (exact) mass is 185 g/mol. The van der Waals surface area contributed by atoms with Crippen molar-refractivity contribution in [3.8, 4) is 0 Å². The smallest absolute Gasteiger partial charge is 0.0926 e. The minimum absolute atomic E-state index is 0.527. The van der Waals surface area contributed by atoms with Crippen molar-refractivity contribution in [3.63, 3.8) is 0 Å². The number of aliphatic hydroxyl groups is 2. The zero-order chi connectivity index (χ0) is 9.84. The summed E-state index contributed by atoms with van der Waals surface area (Å²) in [6, 6.07) is 0. The van der Waals surface area contributed by atoms with Crippen molar-refractivity contribution in [2.75, 3.05) is 19.6 Å². The van der Waals surface area contributed by atoms with Gasteiger partial charge in [0.2, 0.25) is 0 Å². The van der Waals surface area contributed by atoms with Gasteiger partial charge in [0.15, 0.2) is 0 Å². The number of hydrogen-bond acceptors (Lipinski definition) is 3. The molecule has 0 aromatic carbocycles. The van der Waals surface area contributed by atoms with Gasteiger partial charge in [0.05, 0.1) is 12.2 Å². The molecule has 13 heavy (non-hydrogen) atoms. The first kappa shape index (κ1) is 10.7. The van der Waals surface area contributed by atoms with Crippen LogP contribution in [0.1, 0.15) is 19.8 Å². The molecule has 0 saturated carbocycles. The van der Waals surface area contributed by atoms with Crippen LogP contribution in [0.15, 0.2) is 12.2 Å². The Balaban J connectivity index is 2.25. The van der Waals surface area contributed by atoms with Gasteiger partial charge in [0, 0.05) is 19.6 Å². The van der Waals surface area contributed by atoms with Gasteiger partial charge in [-0.25, -0.2) is 0 Å². The van der Waals surface area contributed by atoms with Crippen molar-refractivity contribution in [1.82, 2.24) is 4.90 Å². The van der Waals surface area contributed by atoms with Crippen molar-refractivity contribution in [3.05, 3.63) is 12.2 Å². The van der Waals surface area contributed by atoms with Crippen molar-refractivity contribution in [2.24, 2.45) is 0 Å². The summed E-state index contributed by atoms with van der Waals surface area (Å²) in [6.45, 7) is 8.26. The molecule has 0 aromatic heterocycles. The number of nitrogens with zero attached hydrogens (tertiary/aromatic N) is 1. The second-order valence-corrected chi connectivity index (χ2v) is 3.93. The average Bonchev–Trinajstić information content (AvgIpc) is 2.07.